The van der Waals surface area contributed by atoms with Crippen LogP contribution in [0.5, 0.6) is 0 Å². The molecule has 2 rings (SSSR count). The Bertz CT molecular complexity index is 699. The number of carbonyl (C=O) groups excluding carboxylic acids is 1. The molecular formula is C16H15N3O3. The number of hydrogen-bond donors (Lipinski definition) is 1. The number of benzene rings is 2. The number of rotatable bonds is 5. The van der Waals surface area contributed by atoms with Gasteiger partial charge in [0.15, 0.2) is 0 Å². The van der Waals surface area contributed by atoms with Crippen LogP contribution < -0.4 is 5.43 Å². The summed E-state index contributed by atoms with van der Waals surface area (Å²) < 4.78 is 0. The molecule has 1 unspecified atom stereocenters. The fourth-order valence-corrected chi connectivity index (χ4v) is 1.94. The van der Waals surface area contributed by atoms with Gasteiger partial charge in [-0.1, -0.05) is 49.4 Å². The summed E-state index contributed by atoms with van der Waals surface area (Å²) >= 11 is 0. The highest BCUT2D eigenvalue weighted by atomic mass is 16.6. The number of para-hydroxylation sites is 1. The molecule has 0 heterocycles. The Hall–Kier alpha value is -3.02. The van der Waals surface area contributed by atoms with Crippen LogP contribution in [-0.2, 0) is 0 Å². The van der Waals surface area contributed by atoms with E-state index in [1.165, 1.54) is 18.2 Å². The van der Waals surface area contributed by atoms with E-state index in [-0.39, 0.29) is 17.2 Å². The lowest BCUT2D eigenvalue weighted by molar-refractivity contribution is -0.385. The predicted molar refractivity (Wildman–Crippen MR) is 83.9 cm³/mol. The number of carbonyl (C=O) groups is 1. The van der Waals surface area contributed by atoms with Crippen molar-refractivity contribution in [3.05, 3.63) is 75.8 Å². The van der Waals surface area contributed by atoms with E-state index in [1.54, 1.807) is 12.3 Å². The standard InChI is InChI=1S/C16H15N3O3/c1-12(13-7-3-2-4-8-13)11-17-18-16(20)14-9-5-6-10-15(14)19(21)22/h2-12H,1H3,(H,18,20)/b17-11+. The Morgan fingerprint density at radius 1 is 1.18 bits per heavy atom. The maximum atomic E-state index is 12.0. The second-order valence-electron chi connectivity index (χ2n) is 4.69. The first kappa shape index (κ1) is 15.4. The molecule has 1 amide bonds. The quantitative estimate of drug-likeness (QED) is 0.522. The van der Waals surface area contributed by atoms with Crippen LogP contribution in [0.25, 0.3) is 0 Å². The molecule has 0 saturated carbocycles. The largest absolute Gasteiger partial charge is 0.282 e. The van der Waals surface area contributed by atoms with Gasteiger partial charge in [0.1, 0.15) is 5.56 Å². The molecule has 0 aliphatic carbocycles. The van der Waals surface area contributed by atoms with Gasteiger partial charge in [0.25, 0.3) is 11.6 Å². The first-order valence-corrected chi connectivity index (χ1v) is 6.71. The van der Waals surface area contributed by atoms with Gasteiger partial charge in [-0.15, -0.1) is 0 Å². The van der Waals surface area contributed by atoms with Crippen molar-refractivity contribution in [2.75, 3.05) is 0 Å². The van der Waals surface area contributed by atoms with E-state index in [2.05, 4.69) is 10.5 Å². The van der Waals surface area contributed by atoms with E-state index in [0.29, 0.717) is 0 Å². The lowest BCUT2D eigenvalue weighted by Gasteiger charge is -2.05. The Morgan fingerprint density at radius 2 is 1.82 bits per heavy atom. The molecule has 1 N–H and O–H groups in total. The van der Waals surface area contributed by atoms with Crippen molar-refractivity contribution in [1.29, 1.82) is 0 Å². The van der Waals surface area contributed by atoms with E-state index in [1.807, 2.05) is 37.3 Å². The van der Waals surface area contributed by atoms with Gasteiger partial charge < -0.3 is 0 Å². The molecule has 0 aliphatic heterocycles. The molecule has 0 bridgehead atoms. The topological polar surface area (TPSA) is 84.6 Å². The van der Waals surface area contributed by atoms with E-state index < -0.39 is 10.8 Å². The molecule has 0 fully saturated rings. The van der Waals surface area contributed by atoms with E-state index >= 15 is 0 Å². The van der Waals surface area contributed by atoms with Crippen molar-refractivity contribution < 1.29 is 9.72 Å². The fraction of sp³-hybridized carbons (Fsp3) is 0.125. The minimum absolute atomic E-state index is 0.0167. The van der Waals surface area contributed by atoms with Crippen molar-refractivity contribution in [3.8, 4) is 0 Å². The summed E-state index contributed by atoms with van der Waals surface area (Å²) in [6.45, 7) is 1.94. The fourth-order valence-electron chi connectivity index (χ4n) is 1.94. The van der Waals surface area contributed by atoms with Crippen LogP contribution >= 0.6 is 0 Å². The maximum absolute atomic E-state index is 12.0. The van der Waals surface area contributed by atoms with Gasteiger partial charge in [-0.25, -0.2) is 5.43 Å². The highest BCUT2D eigenvalue weighted by molar-refractivity contribution is 5.98. The van der Waals surface area contributed by atoms with E-state index in [9.17, 15) is 14.9 Å². The summed E-state index contributed by atoms with van der Waals surface area (Å²) in [7, 11) is 0. The molecule has 0 aromatic heterocycles. The molecule has 0 radical (unpaired) electrons. The number of nitro benzene ring substituents is 1. The maximum Gasteiger partial charge on any atom is 0.282 e. The number of hydrazone groups is 1. The Labute approximate surface area is 127 Å². The van der Waals surface area contributed by atoms with E-state index in [4.69, 9.17) is 0 Å². The number of nitro groups is 1. The van der Waals surface area contributed by atoms with Gasteiger partial charge >= 0.3 is 0 Å². The molecule has 112 valence electrons. The van der Waals surface area contributed by atoms with Gasteiger partial charge in [0.05, 0.1) is 4.92 Å². The third kappa shape index (κ3) is 3.76. The summed E-state index contributed by atoms with van der Waals surface area (Å²) in [6.07, 6.45) is 1.59. The van der Waals surface area contributed by atoms with Gasteiger partial charge in [0, 0.05) is 18.2 Å². The van der Waals surface area contributed by atoms with Crippen molar-refractivity contribution in [3.63, 3.8) is 0 Å². The van der Waals surface area contributed by atoms with Gasteiger partial charge in [0.2, 0.25) is 0 Å². The van der Waals surface area contributed by atoms with Gasteiger partial charge in [-0.05, 0) is 11.6 Å². The third-order valence-electron chi connectivity index (χ3n) is 3.13. The molecule has 2 aromatic carbocycles. The van der Waals surface area contributed by atoms with Gasteiger partial charge in [-0.2, -0.15) is 5.10 Å². The monoisotopic (exact) mass is 297 g/mol. The Morgan fingerprint density at radius 3 is 2.50 bits per heavy atom. The van der Waals surface area contributed by atoms with Crippen LogP contribution in [0.15, 0.2) is 59.7 Å². The van der Waals surface area contributed by atoms with Gasteiger partial charge in [-0.3, -0.25) is 14.9 Å². The number of nitrogens with one attached hydrogen (secondary N) is 1. The molecule has 1 atom stereocenters. The molecular weight excluding hydrogens is 282 g/mol. The van der Waals surface area contributed by atoms with Crippen molar-refractivity contribution in [1.82, 2.24) is 5.43 Å². The lowest BCUT2D eigenvalue weighted by atomic mass is 10.0. The highest BCUT2D eigenvalue weighted by Crippen LogP contribution is 2.17. The zero-order valence-electron chi connectivity index (χ0n) is 12.0. The Balaban J connectivity index is 2.04. The zero-order chi connectivity index (χ0) is 15.9. The summed E-state index contributed by atoms with van der Waals surface area (Å²) in [5.41, 5.74) is 3.12. The van der Waals surface area contributed by atoms with Crippen molar-refractivity contribution >= 4 is 17.8 Å². The van der Waals surface area contributed by atoms with Crippen molar-refractivity contribution in [2.24, 2.45) is 5.10 Å². The van der Waals surface area contributed by atoms with E-state index in [0.717, 1.165) is 5.56 Å². The van der Waals surface area contributed by atoms with Crippen LogP contribution in [0.2, 0.25) is 0 Å². The second-order valence-corrected chi connectivity index (χ2v) is 4.69. The molecule has 6 heteroatoms. The first-order chi connectivity index (χ1) is 10.6. The number of hydrogen-bond acceptors (Lipinski definition) is 4. The van der Waals surface area contributed by atoms with Crippen molar-refractivity contribution in [2.45, 2.75) is 12.8 Å². The third-order valence-corrected chi connectivity index (χ3v) is 3.13. The summed E-state index contributed by atoms with van der Waals surface area (Å²) in [4.78, 5) is 22.2. The minimum Gasteiger partial charge on any atom is -0.267 e. The average molecular weight is 297 g/mol. The van der Waals surface area contributed by atoms with Crippen LogP contribution in [0, 0.1) is 10.1 Å². The first-order valence-electron chi connectivity index (χ1n) is 6.71. The summed E-state index contributed by atoms with van der Waals surface area (Å²) in [5.74, 6) is -0.587. The zero-order valence-corrected chi connectivity index (χ0v) is 12.0. The Kier molecular flexibility index (Phi) is 4.98. The predicted octanol–water partition coefficient (Wildman–Crippen LogP) is 3.11. The smallest absolute Gasteiger partial charge is 0.267 e. The molecule has 2 aromatic rings. The van der Waals surface area contributed by atoms with Crippen LogP contribution in [0.1, 0.15) is 28.8 Å². The molecule has 0 spiro atoms. The lowest BCUT2D eigenvalue weighted by Crippen LogP contribution is -2.19. The number of amides is 1. The average Bonchev–Trinajstić information content (AvgIpc) is 2.55. The SMILES string of the molecule is CC(/C=N/NC(=O)c1ccccc1[N+](=O)[O-])c1ccccc1. The minimum atomic E-state index is -0.608. The molecule has 6 nitrogen and oxygen atoms in total. The van der Waals surface area contributed by atoms with Crippen LogP contribution in [-0.4, -0.2) is 17.0 Å². The molecule has 22 heavy (non-hydrogen) atoms. The van der Waals surface area contributed by atoms with Crippen LogP contribution in [0.4, 0.5) is 5.69 Å². The molecule has 0 aliphatic rings. The normalized spacial score (nSPS) is 12.0. The summed E-state index contributed by atoms with van der Waals surface area (Å²) in [6, 6.07) is 15.4. The second kappa shape index (κ2) is 7.12. The molecule has 0 saturated heterocycles. The van der Waals surface area contributed by atoms with Crippen LogP contribution in [0.3, 0.4) is 0 Å². The number of nitrogens with zero attached hydrogens (tertiary/aromatic N) is 2. The summed E-state index contributed by atoms with van der Waals surface area (Å²) in [5, 5.41) is 14.8. The highest BCUT2D eigenvalue weighted by Gasteiger charge is 2.18.